The molecule has 0 aliphatic heterocycles. The molecule has 2 N–H and O–H groups in total. The molecule has 5 nitrogen and oxygen atoms in total. The Morgan fingerprint density at radius 1 is 1.47 bits per heavy atom. The summed E-state index contributed by atoms with van der Waals surface area (Å²) in [6, 6.07) is 0.909. The number of carbonyl (C=O) groups is 1. The molecule has 1 aliphatic rings. The van der Waals surface area contributed by atoms with E-state index >= 15 is 0 Å². The van der Waals surface area contributed by atoms with E-state index in [-0.39, 0.29) is 11.9 Å². The van der Waals surface area contributed by atoms with Crippen molar-refractivity contribution in [1.29, 1.82) is 0 Å². The molecule has 19 heavy (non-hydrogen) atoms. The maximum atomic E-state index is 14.1. The molecule has 0 amide bonds. The van der Waals surface area contributed by atoms with Crippen LogP contribution in [-0.4, -0.2) is 40.4 Å². The second-order valence-corrected chi connectivity index (χ2v) is 4.83. The van der Waals surface area contributed by atoms with Gasteiger partial charge in [0.05, 0.1) is 12.1 Å². The van der Waals surface area contributed by atoms with E-state index in [9.17, 15) is 14.3 Å². The number of anilines is 1. The average molecular weight is 268 g/mol. The van der Waals surface area contributed by atoms with Crippen LogP contribution in [0.15, 0.2) is 12.3 Å². The first-order valence-corrected chi connectivity index (χ1v) is 6.31. The molecular weight excluding hydrogens is 251 g/mol. The first-order chi connectivity index (χ1) is 9.02. The van der Waals surface area contributed by atoms with E-state index in [2.05, 4.69) is 4.98 Å². The van der Waals surface area contributed by atoms with Crippen LogP contribution in [0.5, 0.6) is 0 Å². The van der Waals surface area contributed by atoms with Crippen LogP contribution in [0.4, 0.5) is 10.2 Å². The first kappa shape index (κ1) is 13.7. The lowest BCUT2D eigenvalue weighted by Crippen LogP contribution is -2.44. The Hall–Kier alpha value is -1.69. The van der Waals surface area contributed by atoms with Crippen LogP contribution in [0, 0.1) is 5.82 Å². The Balaban J connectivity index is 2.30. The molecule has 6 heteroatoms. The number of aromatic carboxylic acids is 1. The Morgan fingerprint density at radius 2 is 2.16 bits per heavy atom. The molecule has 2 unspecified atom stereocenters. The predicted octanol–water partition coefficient (Wildman–Crippen LogP) is 1.66. The molecule has 0 saturated heterocycles. The summed E-state index contributed by atoms with van der Waals surface area (Å²) < 4.78 is 14.1. The zero-order chi connectivity index (χ0) is 14.0. The van der Waals surface area contributed by atoms with Crippen LogP contribution in [0.1, 0.15) is 36.0 Å². The van der Waals surface area contributed by atoms with Gasteiger partial charge in [-0.25, -0.2) is 14.2 Å². The second kappa shape index (κ2) is 5.52. The summed E-state index contributed by atoms with van der Waals surface area (Å²) in [6.45, 7) is 0. The number of carboxylic acids is 1. The highest BCUT2D eigenvalue weighted by Gasteiger charge is 2.29. The predicted molar refractivity (Wildman–Crippen MR) is 67.8 cm³/mol. The molecule has 0 bridgehead atoms. The van der Waals surface area contributed by atoms with Crippen LogP contribution in [0.3, 0.4) is 0 Å². The number of carboxylic acid groups (broad SMARTS) is 1. The van der Waals surface area contributed by atoms with Gasteiger partial charge in [0.1, 0.15) is 5.56 Å². The van der Waals surface area contributed by atoms with E-state index in [0.29, 0.717) is 6.42 Å². The van der Waals surface area contributed by atoms with E-state index in [0.717, 1.165) is 25.3 Å². The lowest BCUT2D eigenvalue weighted by Gasteiger charge is -2.36. The number of rotatable bonds is 3. The van der Waals surface area contributed by atoms with Gasteiger partial charge in [0, 0.05) is 13.2 Å². The van der Waals surface area contributed by atoms with Crippen LogP contribution in [0.2, 0.25) is 0 Å². The molecule has 2 atom stereocenters. The minimum Gasteiger partial charge on any atom is -0.478 e. The second-order valence-electron chi connectivity index (χ2n) is 4.83. The van der Waals surface area contributed by atoms with Gasteiger partial charge >= 0.3 is 5.97 Å². The fourth-order valence-corrected chi connectivity index (χ4v) is 2.54. The zero-order valence-corrected chi connectivity index (χ0v) is 10.7. The van der Waals surface area contributed by atoms with Gasteiger partial charge < -0.3 is 15.1 Å². The number of hydrogen-bond donors (Lipinski definition) is 2. The molecule has 1 aromatic rings. The van der Waals surface area contributed by atoms with Crippen molar-refractivity contribution in [3.05, 3.63) is 23.6 Å². The Morgan fingerprint density at radius 3 is 2.79 bits per heavy atom. The summed E-state index contributed by atoms with van der Waals surface area (Å²) in [5.41, 5.74) is -0.401. The van der Waals surface area contributed by atoms with Crippen molar-refractivity contribution in [2.75, 3.05) is 11.9 Å². The van der Waals surface area contributed by atoms with Crippen molar-refractivity contribution in [3.63, 3.8) is 0 Å². The van der Waals surface area contributed by atoms with Crippen molar-refractivity contribution < 1.29 is 19.4 Å². The molecule has 2 rings (SSSR count). The number of pyridine rings is 1. The third-order valence-corrected chi connectivity index (χ3v) is 3.63. The number of hydrogen-bond acceptors (Lipinski definition) is 4. The van der Waals surface area contributed by atoms with E-state index < -0.39 is 23.5 Å². The standard InChI is InChI=1S/C13H17FN2O3/c1-16(9-4-2-3-5-10(9)17)12-11(14)8(13(18)19)6-7-15-12/h6-7,9-10,17H,2-5H2,1H3,(H,18,19). The van der Waals surface area contributed by atoms with E-state index in [1.165, 1.54) is 6.20 Å². The van der Waals surface area contributed by atoms with Crippen molar-refractivity contribution in [2.24, 2.45) is 0 Å². The molecule has 104 valence electrons. The third-order valence-electron chi connectivity index (χ3n) is 3.63. The van der Waals surface area contributed by atoms with Gasteiger partial charge in [-0.3, -0.25) is 0 Å². The van der Waals surface area contributed by atoms with Gasteiger partial charge in [0.25, 0.3) is 0 Å². The fraction of sp³-hybridized carbons (Fsp3) is 0.538. The maximum Gasteiger partial charge on any atom is 0.338 e. The molecule has 1 aromatic heterocycles. The largest absolute Gasteiger partial charge is 0.478 e. The topological polar surface area (TPSA) is 73.7 Å². The zero-order valence-electron chi connectivity index (χ0n) is 10.7. The van der Waals surface area contributed by atoms with Crippen LogP contribution in [-0.2, 0) is 0 Å². The number of halogens is 1. The van der Waals surface area contributed by atoms with Crippen LogP contribution >= 0.6 is 0 Å². The number of nitrogens with zero attached hydrogens (tertiary/aromatic N) is 2. The summed E-state index contributed by atoms with van der Waals surface area (Å²) in [7, 11) is 1.64. The van der Waals surface area contributed by atoms with Gasteiger partial charge in [-0.05, 0) is 18.9 Å². The number of aliphatic hydroxyl groups excluding tert-OH is 1. The Labute approximate surface area is 110 Å². The summed E-state index contributed by atoms with van der Waals surface area (Å²) in [5.74, 6) is -2.19. The number of aromatic nitrogens is 1. The van der Waals surface area contributed by atoms with Crippen molar-refractivity contribution >= 4 is 11.8 Å². The minimum absolute atomic E-state index is 0.0224. The van der Waals surface area contributed by atoms with Crippen molar-refractivity contribution in [3.8, 4) is 0 Å². The number of aliphatic hydroxyl groups is 1. The van der Waals surface area contributed by atoms with Gasteiger partial charge in [-0.15, -0.1) is 0 Å². The summed E-state index contributed by atoms with van der Waals surface area (Å²) in [5, 5.41) is 18.9. The summed E-state index contributed by atoms with van der Waals surface area (Å²) in [4.78, 5) is 16.4. The minimum atomic E-state index is -1.32. The van der Waals surface area contributed by atoms with E-state index in [1.54, 1.807) is 11.9 Å². The van der Waals surface area contributed by atoms with Gasteiger partial charge in [0.15, 0.2) is 11.6 Å². The molecule has 1 saturated carbocycles. The molecule has 1 heterocycles. The molecular formula is C13H17FN2O3. The lowest BCUT2D eigenvalue weighted by molar-refractivity contribution is 0.0691. The molecule has 0 aromatic carbocycles. The molecule has 1 fully saturated rings. The average Bonchev–Trinajstić information content (AvgIpc) is 2.38. The maximum absolute atomic E-state index is 14.1. The quantitative estimate of drug-likeness (QED) is 0.872. The fourth-order valence-electron chi connectivity index (χ4n) is 2.54. The van der Waals surface area contributed by atoms with E-state index in [4.69, 9.17) is 5.11 Å². The van der Waals surface area contributed by atoms with Gasteiger partial charge in [0.2, 0.25) is 0 Å². The van der Waals surface area contributed by atoms with Crippen molar-refractivity contribution in [1.82, 2.24) is 4.98 Å². The van der Waals surface area contributed by atoms with Gasteiger partial charge in [-0.1, -0.05) is 12.8 Å². The number of likely N-dealkylation sites (N-methyl/N-ethyl adjacent to an activating group) is 1. The molecule has 1 aliphatic carbocycles. The summed E-state index contributed by atoms with van der Waals surface area (Å²) in [6.07, 6.45) is 4.08. The SMILES string of the molecule is CN(c1nccc(C(=O)O)c1F)C1CCCCC1O. The highest BCUT2D eigenvalue weighted by Crippen LogP contribution is 2.27. The lowest BCUT2D eigenvalue weighted by atomic mass is 9.91. The summed E-state index contributed by atoms with van der Waals surface area (Å²) >= 11 is 0. The first-order valence-electron chi connectivity index (χ1n) is 6.31. The smallest absolute Gasteiger partial charge is 0.338 e. The van der Waals surface area contributed by atoms with Crippen molar-refractivity contribution in [2.45, 2.75) is 37.8 Å². The monoisotopic (exact) mass is 268 g/mol. The normalized spacial score (nSPS) is 23.1. The Bertz CT molecular complexity index is 481. The van der Waals surface area contributed by atoms with Gasteiger partial charge in [-0.2, -0.15) is 0 Å². The third kappa shape index (κ3) is 2.68. The van der Waals surface area contributed by atoms with Crippen LogP contribution in [0.25, 0.3) is 0 Å². The Kier molecular flexibility index (Phi) is 3.99. The van der Waals surface area contributed by atoms with Crippen LogP contribution < -0.4 is 4.90 Å². The molecule has 0 radical (unpaired) electrons. The molecule has 0 spiro atoms. The highest BCUT2D eigenvalue weighted by molar-refractivity contribution is 5.88. The highest BCUT2D eigenvalue weighted by atomic mass is 19.1. The van der Waals surface area contributed by atoms with E-state index in [1.807, 2.05) is 0 Å².